The van der Waals surface area contributed by atoms with E-state index >= 15 is 0 Å². The number of carbonyl (C=O) groups excluding carboxylic acids is 1. The van der Waals surface area contributed by atoms with Crippen molar-refractivity contribution in [1.82, 2.24) is 5.32 Å². The summed E-state index contributed by atoms with van der Waals surface area (Å²) < 4.78 is 28.8. The van der Waals surface area contributed by atoms with Crippen molar-refractivity contribution in [2.45, 2.75) is 18.4 Å². The Morgan fingerprint density at radius 2 is 1.76 bits per heavy atom. The van der Waals surface area contributed by atoms with Crippen LogP contribution in [0.1, 0.15) is 21.5 Å². The summed E-state index contributed by atoms with van der Waals surface area (Å²) in [5.74, 6) is -0.451. The van der Waals surface area contributed by atoms with Crippen molar-refractivity contribution in [3.8, 4) is 0 Å². The van der Waals surface area contributed by atoms with E-state index in [1.54, 1.807) is 12.1 Å². The average Bonchev–Trinajstić information content (AvgIpc) is 2.69. The van der Waals surface area contributed by atoms with Crippen LogP contribution in [0, 0.1) is 6.92 Å². The van der Waals surface area contributed by atoms with Crippen molar-refractivity contribution in [3.05, 3.63) is 92.9 Å². The van der Waals surface area contributed by atoms with E-state index < -0.39 is 15.9 Å². The number of benzene rings is 3. The molecule has 0 aliphatic rings. The molecule has 2 N–H and O–H groups in total. The third-order valence-corrected chi connectivity index (χ3v) is 6.54. The molecule has 29 heavy (non-hydrogen) atoms. The van der Waals surface area contributed by atoms with Gasteiger partial charge in [0.2, 0.25) is 0 Å². The van der Waals surface area contributed by atoms with Crippen molar-refractivity contribution >= 4 is 49.1 Å². The molecule has 0 unspecified atom stereocenters. The van der Waals surface area contributed by atoms with Gasteiger partial charge in [0.1, 0.15) is 0 Å². The minimum atomic E-state index is -3.91. The van der Waals surface area contributed by atoms with Crippen molar-refractivity contribution in [1.29, 1.82) is 0 Å². The molecule has 0 saturated heterocycles. The molecular weight excluding hydrogens is 476 g/mol. The molecule has 3 aromatic carbocycles. The van der Waals surface area contributed by atoms with E-state index in [9.17, 15) is 13.2 Å². The molecule has 0 radical (unpaired) electrons. The second kappa shape index (κ2) is 8.98. The molecular formula is C21H18BrClN2O3S. The lowest BCUT2D eigenvalue weighted by molar-refractivity contribution is 0.0951. The first-order chi connectivity index (χ1) is 13.8. The quantitative estimate of drug-likeness (QED) is 0.499. The molecule has 3 aromatic rings. The Morgan fingerprint density at radius 3 is 2.48 bits per heavy atom. The van der Waals surface area contributed by atoms with E-state index in [1.165, 1.54) is 18.2 Å². The topological polar surface area (TPSA) is 75.3 Å². The number of rotatable bonds is 6. The van der Waals surface area contributed by atoms with E-state index in [0.29, 0.717) is 16.7 Å². The van der Waals surface area contributed by atoms with Gasteiger partial charge in [-0.15, -0.1) is 0 Å². The minimum absolute atomic E-state index is 0.0554. The van der Waals surface area contributed by atoms with Crippen LogP contribution in [0.3, 0.4) is 0 Å². The van der Waals surface area contributed by atoms with Gasteiger partial charge in [-0.2, -0.15) is 0 Å². The molecule has 0 aromatic heterocycles. The summed E-state index contributed by atoms with van der Waals surface area (Å²) in [7, 11) is -3.91. The maximum atomic E-state index is 12.8. The summed E-state index contributed by atoms with van der Waals surface area (Å²) in [5, 5.41) is 2.93. The zero-order chi connectivity index (χ0) is 21.0. The number of halogens is 2. The molecule has 0 spiro atoms. The van der Waals surface area contributed by atoms with Crippen LogP contribution in [-0.2, 0) is 16.6 Å². The highest BCUT2D eigenvalue weighted by Gasteiger charge is 2.20. The highest BCUT2D eigenvalue weighted by atomic mass is 79.9. The zero-order valence-electron chi connectivity index (χ0n) is 15.4. The standard InChI is InChI=1S/C21H18BrClN2O3S/c1-14-7-9-18(22)20(11-14)25-29(27,28)16-8-10-19(23)17(12-16)21(26)24-13-15-5-3-2-4-6-15/h2-12,25H,13H2,1H3,(H,24,26). The summed E-state index contributed by atoms with van der Waals surface area (Å²) in [6.07, 6.45) is 0. The van der Waals surface area contributed by atoms with Gasteiger partial charge in [-0.25, -0.2) is 8.42 Å². The number of hydrogen-bond donors (Lipinski definition) is 2. The molecule has 5 nitrogen and oxygen atoms in total. The van der Waals surface area contributed by atoms with Crippen molar-refractivity contribution in [3.63, 3.8) is 0 Å². The highest BCUT2D eigenvalue weighted by Crippen LogP contribution is 2.27. The number of aryl methyl sites for hydroxylation is 1. The Bertz CT molecular complexity index is 1150. The van der Waals surface area contributed by atoms with Gasteiger partial charge in [0.05, 0.1) is 21.2 Å². The minimum Gasteiger partial charge on any atom is -0.348 e. The van der Waals surface area contributed by atoms with Gasteiger partial charge in [-0.05, 0) is 64.3 Å². The Morgan fingerprint density at radius 1 is 1.03 bits per heavy atom. The lowest BCUT2D eigenvalue weighted by Crippen LogP contribution is -2.23. The predicted octanol–water partition coefficient (Wildman–Crippen LogP) is 5.14. The van der Waals surface area contributed by atoms with Gasteiger partial charge in [0.25, 0.3) is 15.9 Å². The Kier molecular flexibility index (Phi) is 6.62. The third-order valence-electron chi connectivity index (χ3n) is 4.15. The van der Waals surface area contributed by atoms with E-state index in [1.807, 2.05) is 43.3 Å². The normalized spacial score (nSPS) is 11.1. The SMILES string of the molecule is Cc1ccc(Br)c(NS(=O)(=O)c2ccc(Cl)c(C(=O)NCc3ccccc3)c2)c1. The smallest absolute Gasteiger partial charge is 0.261 e. The van der Waals surface area contributed by atoms with Gasteiger partial charge in [0.15, 0.2) is 0 Å². The molecule has 0 atom stereocenters. The summed E-state index contributed by atoms with van der Waals surface area (Å²) >= 11 is 9.48. The first-order valence-electron chi connectivity index (χ1n) is 8.67. The molecule has 1 amide bonds. The molecule has 8 heteroatoms. The maximum absolute atomic E-state index is 12.8. The maximum Gasteiger partial charge on any atom is 0.261 e. The van der Waals surface area contributed by atoms with E-state index in [4.69, 9.17) is 11.6 Å². The Hall–Kier alpha value is -2.35. The fourth-order valence-electron chi connectivity index (χ4n) is 2.64. The van der Waals surface area contributed by atoms with Crippen LogP contribution >= 0.6 is 27.5 Å². The molecule has 0 fully saturated rings. The van der Waals surface area contributed by atoms with Crippen molar-refractivity contribution < 1.29 is 13.2 Å². The van der Waals surface area contributed by atoms with Crippen LogP contribution in [0.15, 0.2) is 76.1 Å². The zero-order valence-corrected chi connectivity index (χ0v) is 18.6. The number of amides is 1. The average molecular weight is 494 g/mol. The van der Waals surface area contributed by atoms with Crippen LogP contribution in [0.5, 0.6) is 0 Å². The van der Waals surface area contributed by atoms with Gasteiger partial charge in [0, 0.05) is 11.0 Å². The summed E-state index contributed by atoms with van der Waals surface area (Å²) in [5.41, 5.74) is 2.33. The first kappa shape index (κ1) is 21.4. The predicted molar refractivity (Wildman–Crippen MR) is 119 cm³/mol. The van der Waals surface area contributed by atoms with E-state index in [0.717, 1.165) is 11.1 Å². The fraction of sp³-hybridized carbons (Fsp3) is 0.0952. The van der Waals surface area contributed by atoms with Crippen molar-refractivity contribution in [2.24, 2.45) is 0 Å². The van der Waals surface area contributed by atoms with E-state index in [-0.39, 0.29) is 15.5 Å². The Labute approximate surface area is 183 Å². The lowest BCUT2D eigenvalue weighted by atomic mass is 10.2. The molecule has 0 aliphatic heterocycles. The number of nitrogens with one attached hydrogen (secondary N) is 2. The monoisotopic (exact) mass is 492 g/mol. The van der Waals surface area contributed by atoms with Crippen molar-refractivity contribution in [2.75, 3.05) is 4.72 Å². The number of anilines is 1. The second-order valence-electron chi connectivity index (χ2n) is 6.40. The molecule has 3 rings (SSSR count). The number of sulfonamides is 1. The van der Waals surface area contributed by atoms with Crippen LogP contribution < -0.4 is 10.0 Å². The molecule has 150 valence electrons. The third kappa shape index (κ3) is 5.38. The van der Waals surface area contributed by atoms with Gasteiger partial charge in [-0.3, -0.25) is 9.52 Å². The van der Waals surface area contributed by atoms with Crippen LogP contribution in [0.2, 0.25) is 5.02 Å². The van der Waals surface area contributed by atoms with Gasteiger partial charge in [-0.1, -0.05) is 48.0 Å². The van der Waals surface area contributed by atoms with Gasteiger partial charge >= 0.3 is 0 Å². The highest BCUT2D eigenvalue weighted by molar-refractivity contribution is 9.10. The van der Waals surface area contributed by atoms with Crippen LogP contribution in [0.25, 0.3) is 0 Å². The summed E-state index contributed by atoms with van der Waals surface area (Å²) in [6, 6.07) is 18.8. The van der Waals surface area contributed by atoms with Crippen LogP contribution in [-0.4, -0.2) is 14.3 Å². The lowest BCUT2D eigenvalue weighted by Gasteiger charge is -2.12. The molecule has 0 bridgehead atoms. The first-order valence-corrected chi connectivity index (χ1v) is 11.3. The molecule has 0 heterocycles. The van der Waals surface area contributed by atoms with Crippen LogP contribution in [0.4, 0.5) is 5.69 Å². The molecule has 0 aliphatic carbocycles. The van der Waals surface area contributed by atoms with Gasteiger partial charge < -0.3 is 5.32 Å². The second-order valence-corrected chi connectivity index (χ2v) is 9.34. The summed E-state index contributed by atoms with van der Waals surface area (Å²) in [4.78, 5) is 12.5. The van der Waals surface area contributed by atoms with E-state index in [2.05, 4.69) is 26.0 Å². The largest absolute Gasteiger partial charge is 0.348 e. The summed E-state index contributed by atoms with van der Waals surface area (Å²) in [6.45, 7) is 2.17. The Balaban J connectivity index is 1.83. The fourth-order valence-corrected chi connectivity index (χ4v) is 4.42. The molecule has 0 saturated carbocycles. The number of carbonyl (C=O) groups is 1. The number of hydrogen-bond acceptors (Lipinski definition) is 3.